The zero-order valence-corrected chi connectivity index (χ0v) is 12.2. The average molecular weight is 258 g/mol. The third kappa shape index (κ3) is 2.27. The number of aryl methyl sites for hydroxylation is 2. The molecule has 0 unspecified atom stereocenters. The van der Waals surface area contributed by atoms with E-state index in [0.717, 1.165) is 11.1 Å². The van der Waals surface area contributed by atoms with Crippen molar-refractivity contribution >= 4 is 46.2 Å². The Bertz CT molecular complexity index is 692. The maximum absolute atomic E-state index is 11.3. The monoisotopic (exact) mass is 258 g/mol. The van der Waals surface area contributed by atoms with E-state index in [-0.39, 0.29) is 40.5 Å². The first-order chi connectivity index (χ1) is 7.91. The summed E-state index contributed by atoms with van der Waals surface area (Å²) in [5.41, 5.74) is -0.227. The van der Waals surface area contributed by atoms with E-state index in [9.17, 15) is 20.0 Å². The molecule has 0 saturated carbocycles. The summed E-state index contributed by atoms with van der Waals surface area (Å²) in [6, 6.07) is 3.12. The third-order valence-electron chi connectivity index (χ3n) is 2.65. The van der Waals surface area contributed by atoms with Crippen molar-refractivity contribution in [2.45, 2.75) is 13.8 Å². The molecule has 0 saturated heterocycles. The first kappa shape index (κ1) is 14.7. The van der Waals surface area contributed by atoms with E-state index in [2.05, 4.69) is 0 Å². The van der Waals surface area contributed by atoms with Crippen molar-refractivity contribution in [2.24, 2.45) is 0 Å². The molecule has 0 atom stereocenters. The van der Waals surface area contributed by atoms with Gasteiger partial charge in [-0.1, -0.05) is 0 Å². The van der Waals surface area contributed by atoms with Crippen LogP contribution in [0.25, 0.3) is 11.0 Å². The Morgan fingerprint density at radius 2 is 1.83 bits per heavy atom. The fourth-order valence-corrected chi connectivity index (χ4v) is 1.59. The Balaban J connectivity index is 0.00000162. The summed E-state index contributed by atoms with van der Waals surface area (Å²) in [6.45, 7) is 3.61. The second-order valence-electron chi connectivity index (χ2n) is 3.78. The summed E-state index contributed by atoms with van der Waals surface area (Å²) in [5.74, 6) is -0.649. The average Bonchev–Trinajstić information content (AvgIpc) is 2.21. The minimum absolute atomic E-state index is 0. The number of rotatable bonds is 1. The normalized spacial score (nSPS) is 10.1. The van der Waals surface area contributed by atoms with Gasteiger partial charge in [-0.3, -0.25) is 10.1 Å². The second-order valence-corrected chi connectivity index (χ2v) is 3.78. The molecule has 1 N–H and O–H groups in total. The van der Waals surface area contributed by atoms with E-state index in [1.54, 1.807) is 19.1 Å². The van der Waals surface area contributed by atoms with Crippen LogP contribution in [0.5, 0.6) is 5.75 Å². The van der Waals surface area contributed by atoms with Crippen molar-refractivity contribution in [1.29, 1.82) is 0 Å². The van der Waals surface area contributed by atoms with Crippen LogP contribution in [0, 0.1) is 24.0 Å². The van der Waals surface area contributed by atoms with Gasteiger partial charge in [0.25, 0.3) is 0 Å². The standard InChI is InChI=1S/C11H9NO5.Na/c1-5-3-7-8(4-6(5)2)17-11(14)9(10(7)13)12(15)16;/h3-4,13H,1-2H3;. The van der Waals surface area contributed by atoms with Gasteiger partial charge in [0.15, 0.2) is 0 Å². The molecule has 0 fully saturated rings. The van der Waals surface area contributed by atoms with E-state index >= 15 is 0 Å². The van der Waals surface area contributed by atoms with E-state index < -0.39 is 22.0 Å². The topological polar surface area (TPSA) is 93.6 Å². The van der Waals surface area contributed by atoms with Crippen LogP contribution >= 0.6 is 0 Å². The zero-order valence-electron chi connectivity index (χ0n) is 10.2. The van der Waals surface area contributed by atoms with Gasteiger partial charge in [-0.15, -0.1) is 0 Å². The minimum Gasteiger partial charge on any atom is -0.501 e. The number of benzene rings is 1. The summed E-state index contributed by atoms with van der Waals surface area (Å²) in [5, 5.41) is 20.5. The van der Waals surface area contributed by atoms with Gasteiger partial charge in [-0.25, -0.2) is 4.79 Å². The molecule has 1 radical (unpaired) electrons. The Morgan fingerprint density at radius 1 is 1.28 bits per heavy atom. The maximum Gasteiger partial charge on any atom is 0.419 e. The van der Waals surface area contributed by atoms with Crippen molar-refractivity contribution < 1.29 is 14.4 Å². The molecular formula is C11H9NNaO5. The molecule has 0 bridgehead atoms. The van der Waals surface area contributed by atoms with Crippen molar-refractivity contribution in [3.8, 4) is 5.75 Å². The van der Waals surface area contributed by atoms with Crippen LogP contribution in [0.4, 0.5) is 5.69 Å². The zero-order chi connectivity index (χ0) is 12.7. The van der Waals surface area contributed by atoms with Crippen LogP contribution in [0.3, 0.4) is 0 Å². The van der Waals surface area contributed by atoms with Crippen LogP contribution < -0.4 is 5.63 Å². The Labute approximate surface area is 124 Å². The summed E-state index contributed by atoms with van der Waals surface area (Å²) >= 11 is 0. The van der Waals surface area contributed by atoms with Gasteiger partial charge in [0.05, 0.1) is 10.3 Å². The number of hydrogen-bond donors (Lipinski definition) is 1. The molecule has 0 spiro atoms. The number of nitro groups is 1. The fourth-order valence-electron chi connectivity index (χ4n) is 1.59. The predicted molar refractivity (Wildman–Crippen MR) is 66.0 cm³/mol. The number of hydrogen-bond acceptors (Lipinski definition) is 5. The second kappa shape index (κ2) is 5.09. The van der Waals surface area contributed by atoms with E-state index in [1.165, 1.54) is 0 Å². The van der Waals surface area contributed by atoms with Crippen LogP contribution in [-0.4, -0.2) is 39.6 Å². The first-order valence-corrected chi connectivity index (χ1v) is 4.83. The van der Waals surface area contributed by atoms with Gasteiger partial charge < -0.3 is 9.52 Å². The van der Waals surface area contributed by atoms with Crippen molar-refractivity contribution in [2.75, 3.05) is 0 Å². The molecule has 0 amide bonds. The van der Waals surface area contributed by atoms with Crippen LogP contribution in [0.15, 0.2) is 21.3 Å². The number of aromatic hydroxyl groups is 1. The molecule has 2 rings (SSSR count). The van der Waals surface area contributed by atoms with Gasteiger partial charge in [0.2, 0.25) is 5.75 Å². The quantitative estimate of drug-likeness (QED) is 0.363. The third-order valence-corrected chi connectivity index (χ3v) is 2.65. The summed E-state index contributed by atoms with van der Waals surface area (Å²) in [7, 11) is 0. The van der Waals surface area contributed by atoms with Gasteiger partial charge >= 0.3 is 11.3 Å². The first-order valence-electron chi connectivity index (χ1n) is 4.83. The van der Waals surface area contributed by atoms with Crippen molar-refractivity contribution in [1.82, 2.24) is 0 Å². The maximum atomic E-state index is 11.3. The Morgan fingerprint density at radius 3 is 2.39 bits per heavy atom. The Kier molecular flexibility index (Phi) is 4.16. The van der Waals surface area contributed by atoms with Crippen molar-refractivity contribution in [3.05, 3.63) is 43.8 Å². The molecule has 0 aliphatic rings. The van der Waals surface area contributed by atoms with E-state index in [4.69, 9.17) is 4.42 Å². The van der Waals surface area contributed by atoms with Gasteiger partial charge in [0, 0.05) is 29.6 Å². The van der Waals surface area contributed by atoms with Crippen LogP contribution in [-0.2, 0) is 0 Å². The fraction of sp³-hybridized carbons (Fsp3) is 0.182. The number of fused-ring (bicyclic) bond motifs is 1. The van der Waals surface area contributed by atoms with Gasteiger partial charge in [0.1, 0.15) is 5.58 Å². The molecule has 1 aromatic carbocycles. The van der Waals surface area contributed by atoms with E-state index in [1.807, 2.05) is 6.92 Å². The predicted octanol–water partition coefficient (Wildman–Crippen LogP) is 1.64. The smallest absolute Gasteiger partial charge is 0.419 e. The summed E-state index contributed by atoms with van der Waals surface area (Å²) in [4.78, 5) is 21.0. The molecule has 18 heavy (non-hydrogen) atoms. The molecule has 0 aliphatic carbocycles. The molecule has 1 aromatic heterocycles. The summed E-state index contributed by atoms with van der Waals surface area (Å²) < 4.78 is 4.81. The molecular weight excluding hydrogens is 249 g/mol. The molecule has 89 valence electrons. The Hall–Kier alpha value is -1.37. The molecule has 1 heterocycles. The molecule has 6 nitrogen and oxygen atoms in total. The molecule has 7 heteroatoms. The molecule has 2 aromatic rings. The summed E-state index contributed by atoms with van der Waals surface area (Å²) in [6.07, 6.45) is 0. The SMILES string of the molecule is Cc1cc2oc(=O)c([N+](=O)[O-])c(O)c2cc1C.[Na]. The number of nitrogens with zero attached hydrogens (tertiary/aromatic N) is 1. The van der Waals surface area contributed by atoms with E-state index in [0.29, 0.717) is 0 Å². The van der Waals surface area contributed by atoms with Crippen LogP contribution in [0.1, 0.15) is 11.1 Å². The van der Waals surface area contributed by atoms with Gasteiger partial charge in [-0.2, -0.15) is 0 Å². The van der Waals surface area contributed by atoms with Gasteiger partial charge in [-0.05, 0) is 37.1 Å². The largest absolute Gasteiger partial charge is 0.501 e. The van der Waals surface area contributed by atoms with Crippen molar-refractivity contribution in [3.63, 3.8) is 0 Å². The van der Waals surface area contributed by atoms with Crippen LogP contribution in [0.2, 0.25) is 0 Å². The molecule has 0 aliphatic heterocycles. The minimum atomic E-state index is -1.15.